The number of anilines is 1. The van der Waals surface area contributed by atoms with Crippen LogP contribution in [0.25, 0.3) is 10.9 Å². The Balaban J connectivity index is 1.18. The Morgan fingerprint density at radius 3 is 2.83 bits per heavy atom. The molecule has 3 aliphatic carbocycles. The zero-order chi connectivity index (χ0) is 23.6. The lowest BCUT2D eigenvalue weighted by Crippen LogP contribution is -2.49. The third-order valence-corrected chi connectivity index (χ3v) is 10.2. The summed E-state index contributed by atoms with van der Waals surface area (Å²) in [6, 6.07) is -0.125. The maximum absolute atomic E-state index is 15.3. The molecule has 7 nitrogen and oxygen atoms in total. The van der Waals surface area contributed by atoms with Crippen LogP contribution in [-0.4, -0.2) is 77.1 Å². The highest BCUT2D eigenvalue weighted by Crippen LogP contribution is 2.72. The summed E-state index contributed by atoms with van der Waals surface area (Å²) in [5.41, 5.74) is 1.35. The number of ether oxygens (including phenoxy) is 2. The number of halogens is 2. The van der Waals surface area contributed by atoms with Gasteiger partial charge in [0.15, 0.2) is 5.82 Å². The van der Waals surface area contributed by atoms with Crippen molar-refractivity contribution in [3.8, 4) is 6.01 Å². The molecule has 2 aromatic rings. The second-order valence-corrected chi connectivity index (χ2v) is 12.1. The largest absolute Gasteiger partial charge is 0.461 e. The number of hydrogen-bond donors (Lipinski definition) is 0. The van der Waals surface area contributed by atoms with Crippen molar-refractivity contribution in [2.75, 3.05) is 44.4 Å². The molecule has 8 rings (SSSR count). The van der Waals surface area contributed by atoms with Gasteiger partial charge in [0.1, 0.15) is 24.1 Å². The molecule has 0 aromatic carbocycles. The van der Waals surface area contributed by atoms with Crippen LogP contribution < -0.4 is 9.64 Å². The molecule has 6 fully saturated rings. The molecule has 35 heavy (non-hydrogen) atoms. The van der Waals surface area contributed by atoms with E-state index in [0.717, 1.165) is 6.54 Å². The number of hydrogen-bond acceptors (Lipinski definition) is 7. The van der Waals surface area contributed by atoms with Crippen molar-refractivity contribution in [2.24, 2.45) is 16.7 Å². The summed E-state index contributed by atoms with van der Waals surface area (Å²) in [4.78, 5) is 18.2. The zero-order valence-electron chi connectivity index (χ0n) is 20.1. The number of aryl methyl sites for hydroxylation is 1. The van der Waals surface area contributed by atoms with Crippen molar-refractivity contribution in [2.45, 2.75) is 63.2 Å². The van der Waals surface area contributed by atoms with E-state index in [2.05, 4.69) is 14.9 Å². The molecule has 3 saturated heterocycles. The van der Waals surface area contributed by atoms with Crippen LogP contribution in [0.4, 0.5) is 14.6 Å². The van der Waals surface area contributed by atoms with Crippen molar-refractivity contribution in [3.05, 3.63) is 17.7 Å². The Labute approximate surface area is 203 Å². The molecular weight excluding hydrogens is 452 g/mol. The van der Waals surface area contributed by atoms with Crippen molar-refractivity contribution in [1.82, 2.24) is 19.9 Å². The molecule has 4 atom stereocenters. The minimum Gasteiger partial charge on any atom is -0.461 e. The van der Waals surface area contributed by atoms with E-state index >= 15 is 4.39 Å². The first-order valence-electron chi connectivity index (χ1n) is 13.1. The van der Waals surface area contributed by atoms with Crippen LogP contribution in [0.3, 0.4) is 0 Å². The Bertz CT molecular complexity index is 1230. The van der Waals surface area contributed by atoms with E-state index in [1.165, 1.54) is 45.1 Å². The van der Waals surface area contributed by atoms with Gasteiger partial charge in [0, 0.05) is 25.2 Å². The van der Waals surface area contributed by atoms with E-state index in [1.807, 2.05) is 4.90 Å². The minimum atomic E-state index is -0.971. The summed E-state index contributed by atoms with van der Waals surface area (Å²) < 4.78 is 41.9. The maximum Gasteiger partial charge on any atom is 0.319 e. The molecule has 5 heterocycles. The monoisotopic (exact) mass is 483 g/mol. The zero-order valence-corrected chi connectivity index (χ0v) is 20.1. The molecule has 186 valence electrons. The summed E-state index contributed by atoms with van der Waals surface area (Å²) >= 11 is 0. The van der Waals surface area contributed by atoms with Crippen LogP contribution in [0.5, 0.6) is 6.01 Å². The number of pyridine rings is 1. The third kappa shape index (κ3) is 2.85. The van der Waals surface area contributed by atoms with Gasteiger partial charge in [0.05, 0.1) is 35.9 Å². The first kappa shape index (κ1) is 21.0. The topological polar surface area (TPSA) is 63.6 Å². The lowest BCUT2D eigenvalue weighted by atomic mass is 9.78. The van der Waals surface area contributed by atoms with E-state index in [9.17, 15) is 4.39 Å². The van der Waals surface area contributed by atoms with Crippen LogP contribution in [-0.2, 0) is 4.74 Å². The molecule has 0 amide bonds. The molecule has 0 unspecified atom stereocenters. The summed E-state index contributed by atoms with van der Waals surface area (Å²) in [6.45, 7) is 5.86. The van der Waals surface area contributed by atoms with Crippen molar-refractivity contribution < 1.29 is 18.3 Å². The average molecular weight is 484 g/mol. The number of aromatic nitrogens is 3. The molecule has 3 saturated carbocycles. The molecule has 0 N–H and O–H groups in total. The molecule has 6 aliphatic rings. The number of nitrogens with zero attached hydrogens (tertiary/aromatic N) is 5. The van der Waals surface area contributed by atoms with Gasteiger partial charge in [-0.15, -0.1) is 0 Å². The molecule has 0 radical (unpaired) electrons. The second-order valence-electron chi connectivity index (χ2n) is 12.1. The van der Waals surface area contributed by atoms with Crippen LogP contribution >= 0.6 is 0 Å². The minimum absolute atomic E-state index is 0.0384. The Morgan fingerprint density at radius 1 is 1.17 bits per heavy atom. The fourth-order valence-electron chi connectivity index (χ4n) is 7.68. The summed E-state index contributed by atoms with van der Waals surface area (Å²) in [5.74, 6) is -0.142. The average Bonchev–Trinajstić information content (AvgIpc) is 3.76. The summed E-state index contributed by atoms with van der Waals surface area (Å²) in [5, 5.41) is 0.498. The van der Waals surface area contributed by atoms with Gasteiger partial charge in [-0.05, 0) is 62.8 Å². The van der Waals surface area contributed by atoms with Crippen molar-refractivity contribution >= 4 is 16.7 Å². The summed E-state index contributed by atoms with van der Waals surface area (Å²) in [7, 11) is 0. The highest BCUT2D eigenvalue weighted by molar-refractivity contribution is 5.90. The van der Waals surface area contributed by atoms with Gasteiger partial charge >= 0.3 is 6.01 Å². The van der Waals surface area contributed by atoms with Gasteiger partial charge in [0.2, 0.25) is 0 Å². The fourth-order valence-corrected chi connectivity index (χ4v) is 7.68. The van der Waals surface area contributed by atoms with E-state index in [1.54, 1.807) is 13.1 Å². The van der Waals surface area contributed by atoms with Crippen LogP contribution in [0, 0.1) is 29.5 Å². The molecule has 2 aromatic heterocycles. The van der Waals surface area contributed by atoms with Gasteiger partial charge in [0.25, 0.3) is 0 Å². The molecule has 3 aliphatic heterocycles. The lowest BCUT2D eigenvalue weighted by molar-refractivity contribution is 0.0640. The van der Waals surface area contributed by atoms with Crippen LogP contribution in [0.15, 0.2) is 6.20 Å². The van der Waals surface area contributed by atoms with Gasteiger partial charge in [-0.3, -0.25) is 9.88 Å². The lowest BCUT2D eigenvalue weighted by Gasteiger charge is -2.37. The number of fused-ring (bicyclic) bond motifs is 4. The van der Waals surface area contributed by atoms with Crippen LogP contribution in [0.2, 0.25) is 0 Å². The Hall–Kier alpha value is -2.13. The van der Waals surface area contributed by atoms with E-state index in [-0.39, 0.29) is 34.7 Å². The first-order valence-corrected chi connectivity index (χ1v) is 13.1. The Kier molecular flexibility index (Phi) is 4.08. The smallest absolute Gasteiger partial charge is 0.319 e. The van der Waals surface area contributed by atoms with Crippen molar-refractivity contribution in [3.63, 3.8) is 0 Å². The van der Waals surface area contributed by atoms with Crippen LogP contribution in [0.1, 0.15) is 44.2 Å². The SMILES string of the molecule is Cc1ncc2c(N3CCOC[C@H]4[C@H](F)[C@H]43)nc(OC[C@@]34CC5(CC5)CN3CCC43CC3)nc2c1F. The normalized spacial score (nSPS) is 35.9. The quantitative estimate of drug-likeness (QED) is 0.660. The molecule has 0 bridgehead atoms. The predicted octanol–water partition coefficient (Wildman–Crippen LogP) is 3.43. The van der Waals surface area contributed by atoms with E-state index < -0.39 is 12.0 Å². The summed E-state index contributed by atoms with van der Waals surface area (Å²) in [6.07, 6.45) is 8.23. The Morgan fingerprint density at radius 2 is 2.03 bits per heavy atom. The second kappa shape index (κ2) is 6.79. The fraction of sp³-hybridized carbons (Fsp3) is 0.731. The molecule has 9 heteroatoms. The van der Waals surface area contributed by atoms with Gasteiger partial charge in [-0.2, -0.15) is 9.97 Å². The molecule has 2 spiro atoms. The van der Waals surface area contributed by atoms with E-state index in [4.69, 9.17) is 14.5 Å². The number of alkyl halides is 1. The van der Waals surface area contributed by atoms with E-state index in [0.29, 0.717) is 48.4 Å². The van der Waals surface area contributed by atoms with Gasteiger partial charge in [-0.1, -0.05) is 0 Å². The molecular formula is C26H31F2N5O2. The number of rotatable bonds is 4. The van der Waals surface area contributed by atoms with Gasteiger partial charge in [-0.25, -0.2) is 8.78 Å². The maximum atomic E-state index is 15.3. The standard InChI is InChI=1S/C26H31F2N5O2/c1-15-18(27)20-16(10-29-15)22(33-8-9-34-11-17-19(28)21(17)33)31-23(30-20)35-14-26-12-24(2-3-24)13-32(26)7-6-25(26)4-5-25/h10,17,19,21H,2-9,11-14H2,1H3/t17-,19-,21-,26+/m0/s1. The van der Waals surface area contributed by atoms with Crippen molar-refractivity contribution in [1.29, 1.82) is 0 Å². The first-order chi connectivity index (χ1) is 16.9. The highest BCUT2D eigenvalue weighted by atomic mass is 19.1. The predicted molar refractivity (Wildman–Crippen MR) is 125 cm³/mol. The third-order valence-electron chi connectivity index (χ3n) is 10.2. The highest BCUT2D eigenvalue weighted by Gasteiger charge is 2.72. The van der Waals surface area contributed by atoms with Gasteiger partial charge < -0.3 is 14.4 Å².